The van der Waals surface area contributed by atoms with Crippen LogP contribution in [0.1, 0.15) is 13.8 Å². The van der Waals surface area contributed by atoms with Gasteiger partial charge < -0.3 is 14.8 Å². The van der Waals surface area contributed by atoms with E-state index in [2.05, 4.69) is 31.4 Å². The molecule has 4 N–H and O–H groups in total. The van der Waals surface area contributed by atoms with Crippen molar-refractivity contribution < 1.29 is 23.9 Å². The first-order valence-electron chi connectivity index (χ1n) is 7.40. The highest BCUT2D eigenvalue weighted by molar-refractivity contribution is 6.05. The van der Waals surface area contributed by atoms with Crippen LogP contribution in [-0.4, -0.2) is 43.6 Å². The Labute approximate surface area is 144 Å². The van der Waals surface area contributed by atoms with Gasteiger partial charge >= 0.3 is 18.1 Å². The maximum absolute atomic E-state index is 11.9. The third kappa shape index (κ3) is 7.31. The summed E-state index contributed by atoms with van der Waals surface area (Å²) in [5.74, 6) is -0.676. The zero-order valence-corrected chi connectivity index (χ0v) is 14.2. The Morgan fingerprint density at radius 3 is 2.48 bits per heavy atom. The van der Waals surface area contributed by atoms with Gasteiger partial charge in [0, 0.05) is 5.69 Å². The molecule has 1 atom stereocenters. The largest absolute Gasteiger partial charge is 0.464 e. The second kappa shape index (κ2) is 10.6. The van der Waals surface area contributed by atoms with Crippen molar-refractivity contribution in [1.29, 1.82) is 0 Å². The number of amides is 3. The fourth-order valence-corrected chi connectivity index (χ4v) is 1.63. The van der Waals surface area contributed by atoms with Crippen LogP contribution in [0.2, 0.25) is 0 Å². The molecule has 0 bridgehead atoms. The number of carbonyl (C=O) groups excluding carboxylic acids is 3. The van der Waals surface area contributed by atoms with Crippen LogP contribution in [0.25, 0.3) is 0 Å². The lowest BCUT2D eigenvalue weighted by Gasteiger charge is -2.17. The molecule has 3 amide bonds. The van der Waals surface area contributed by atoms with E-state index in [1.54, 1.807) is 31.2 Å². The Morgan fingerprint density at radius 1 is 1.20 bits per heavy atom. The molecule has 0 heterocycles. The average molecular weight is 351 g/mol. The lowest BCUT2D eigenvalue weighted by Crippen LogP contribution is -2.52. The molecule has 136 valence electrons. The van der Waals surface area contributed by atoms with Crippen LogP contribution in [0.3, 0.4) is 0 Å². The minimum atomic E-state index is -1.10. The van der Waals surface area contributed by atoms with E-state index in [0.29, 0.717) is 5.69 Å². The first-order chi connectivity index (χ1) is 12.0. The lowest BCUT2D eigenvalue weighted by atomic mass is 10.2. The smallest absolute Gasteiger partial charge is 0.421 e. The molecule has 0 aromatic heterocycles. The van der Waals surface area contributed by atoms with Gasteiger partial charge in [-0.05, 0) is 26.0 Å². The Morgan fingerprint density at radius 2 is 1.88 bits per heavy atom. The number of carbonyl (C=O) groups is 3. The summed E-state index contributed by atoms with van der Waals surface area (Å²) >= 11 is 0. The molecular weight excluding hydrogens is 330 g/mol. The topological polar surface area (TPSA) is 130 Å². The molecule has 1 aromatic rings. The van der Waals surface area contributed by atoms with Gasteiger partial charge in [-0.25, -0.2) is 25.2 Å². The molecule has 0 fully saturated rings. The van der Waals surface area contributed by atoms with Gasteiger partial charge in [0.2, 0.25) is 0 Å². The van der Waals surface area contributed by atoms with E-state index in [1.807, 2.05) is 6.07 Å². The number of methoxy groups -OCH3 is 1. The van der Waals surface area contributed by atoms with E-state index < -0.39 is 24.1 Å². The van der Waals surface area contributed by atoms with Crippen molar-refractivity contribution in [2.45, 2.75) is 19.9 Å². The Kier molecular flexibility index (Phi) is 8.44. The van der Waals surface area contributed by atoms with Crippen molar-refractivity contribution in [1.82, 2.24) is 16.3 Å². The van der Waals surface area contributed by atoms with Gasteiger partial charge in [0.1, 0.15) is 0 Å². The zero-order chi connectivity index (χ0) is 18.7. The monoisotopic (exact) mass is 351 g/mol. The number of urea groups is 1. The van der Waals surface area contributed by atoms with Crippen LogP contribution in [-0.2, 0) is 14.3 Å². The Bertz CT molecular complexity index is 620. The minimum Gasteiger partial charge on any atom is -0.464 e. The van der Waals surface area contributed by atoms with Gasteiger partial charge in [-0.15, -0.1) is 0 Å². The number of hydrazine groups is 1. The van der Waals surface area contributed by atoms with Gasteiger partial charge in [-0.3, -0.25) is 5.43 Å². The number of hydrazone groups is 1. The lowest BCUT2D eigenvalue weighted by molar-refractivity contribution is -0.143. The van der Waals surface area contributed by atoms with Crippen molar-refractivity contribution in [3.63, 3.8) is 0 Å². The third-order valence-electron chi connectivity index (χ3n) is 2.81. The van der Waals surface area contributed by atoms with E-state index in [4.69, 9.17) is 4.74 Å². The number of esters is 1. The predicted octanol–water partition coefficient (Wildman–Crippen LogP) is 0.976. The summed E-state index contributed by atoms with van der Waals surface area (Å²) in [5, 5.41) is 6.39. The highest BCUT2D eigenvalue weighted by atomic mass is 16.5. The molecule has 0 aliphatic rings. The van der Waals surface area contributed by atoms with Gasteiger partial charge in [0.05, 0.1) is 19.4 Å². The van der Waals surface area contributed by atoms with Gasteiger partial charge in [0.25, 0.3) is 0 Å². The quantitative estimate of drug-likeness (QED) is 0.329. The predicted molar refractivity (Wildman–Crippen MR) is 90.8 cm³/mol. The van der Waals surface area contributed by atoms with E-state index in [-0.39, 0.29) is 12.3 Å². The van der Waals surface area contributed by atoms with E-state index in [0.717, 1.165) is 0 Å². The number of anilines is 1. The standard InChI is InChI=1S/C15H21N5O5/c1-4-25-13(21)12(18-20-15(23)24-3)10(2)17-19-14(22)16-11-8-6-5-7-9-11/h5-9,12,18H,4H2,1-3H3,(H,20,23)(H2,16,19,22)/b17-10+. The van der Waals surface area contributed by atoms with Crippen molar-refractivity contribution in [3.8, 4) is 0 Å². The molecule has 0 spiro atoms. The molecule has 0 saturated heterocycles. The van der Waals surface area contributed by atoms with E-state index in [9.17, 15) is 14.4 Å². The van der Waals surface area contributed by atoms with Crippen molar-refractivity contribution in [2.75, 3.05) is 19.0 Å². The van der Waals surface area contributed by atoms with Crippen molar-refractivity contribution >= 4 is 29.5 Å². The molecule has 25 heavy (non-hydrogen) atoms. The summed E-state index contributed by atoms with van der Waals surface area (Å²) in [6.45, 7) is 3.27. The molecule has 1 rings (SSSR count). The molecule has 1 aromatic carbocycles. The molecule has 10 heteroatoms. The first-order valence-corrected chi connectivity index (χ1v) is 7.40. The van der Waals surface area contributed by atoms with Gasteiger partial charge in [0.15, 0.2) is 6.04 Å². The molecule has 1 unspecified atom stereocenters. The molecule has 0 radical (unpaired) electrons. The maximum Gasteiger partial charge on any atom is 0.421 e. The number of hydrogen-bond acceptors (Lipinski definition) is 7. The summed E-state index contributed by atoms with van der Waals surface area (Å²) in [4.78, 5) is 34.8. The number of para-hydroxylation sites is 1. The number of nitrogens with zero attached hydrogens (tertiary/aromatic N) is 1. The molecule has 0 aliphatic carbocycles. The summed E-state index contributed by atoms with van der Waals surface area (Å²) in [6.07, 6.45) is -0.795. The second-order valence-electron chi connectivity index (χ2n) is 4.63. The van der Waals surface area contributed by atoms with E-state index in [1.165, 1.54) is 14.0 Å². The molecule has 0 aliphatic heterocycles. The fraction of sp³-hybridized carbons (Fsp3) is 0.333. The minimum absolute atomic E-state index is 0.143. The Balaban J connectivity index is 2.68. The number of benzene rings is 1. The number of hydrogen-bond donors (Lipinski definition) is 4. The molecule has 0 saturated carbocycles. The molecule has 10 nitrogen and oxygen atoms in total. The fourth-order valence-electron chi connectivity index (χ4n) is 1.63. The molecular formula is C15H21N5O5. The number of ether oxygens (including phenoxy) is 2. The number of nitrogens with one attached hydrogen (secondary N) is 4. The van der Waals surface area contributed by atoms with Crippen LogP contribution in [0.4, 0.5) is 15.3 Å². The average Bonchev–Trinajstić information content (AvgIpc) is 2.61. The van der Waals surface area contributed by atoms with Gasteiger partial charge in [-0.1, -0.05) is 18.2 Å². The van der Waals surface area contributed by atoms with Crippen LogP contribution in [0, 0.1) is 0 Å². The normalized spacial score (nSPS) is 11.9. The van der Waals surface area contributed by atoms with Crippen LogP contribution >= 0.6 is 0 Å². The second-order valence-corrected chi connectivity index (χ2v) is 4.63. The third-order valence-corrected chi connectivity index (χ3v) is 2.81. The van der Waals surface area contributed by atoms with Crippen LogP contribution < -0.4 is 21.6 Å². The van der Waals surface area contributed by atoms with Gasteiger partial charge in [-0.2, -0.15) is 5.10 Å². The van der Waals surface area contributed by atoms with E-state index >= 15 is 0 Å². The highest BCUT2D eigenvalue weighted by Gasteiger charge is 2.24. The summed E-state index contributed by atoms with van der Waals surface area (Å²) in [5.41, 5.74) is 7.59. The maximum atomic E-state index is 11.9. The number of rotatable bonds is 7. The van der Waals surface area contributed by atoms with Crippen molar-refractivity contribution in [2.24, 2.45) is 5.10 Å². The zero-order valence-electron chi connectivity index (χ0n) is 14.2. The van der Waals surface area contributed by atoms with Crippen LogP contribution in [0.15, 0.2) is 35.4 Å². The Hall–Kier alpha value is -3.14. The highest BCUT2D eigenvalue weighted by Crippen LogP contribution is 2.04. The summed E-state index contributed by atoms with van der Waals surface area (Å²) < 4.78 is 9.29. The summed E-state index contributed by atoms with van der Waals surface area (Å²) in [7, 11) is 1.17. The van der Waals surface area contributed by atoms with Crippen LogP contribution in [0.5, 0.6) is 0 Å². The van der Waals surface area contributed by atoms with Crippen molar-refractivity contribution in [3.05, 3.63) is 30.3 Å². The first kappa shape index (κ1) is 19.9. The summed E-state index contributed by atoms with van der Waals surface area (Å²) in [6, 6.07) is 7.07. The SMILES string of the molecule is CCOC(=O)C(NNC(=O)OC)/C(C)=N/NC(=O)Nc1ccccc1.